The van der Waals surface area contributed by atoms with Crippen molar-refractivity contribution in [2.24, 2.45) is 0 Å². The second-order valence-corrected chi connectivity index (χ2v) is 8.04. The number of hydrogen-bond donors (Lipinski definition) is 2. The third kappa shape index (κ3) is 4.30. The van der Waals surface area contributed by atoms with Crippen molar-refractivity contribution in [3.8, 4) is 17.0 Å². The number of thiazole rings is 1. The number of sulfonamides is 1. The van der Waals surface area contributed by atoms with Crippen molar-refractivity contribution in [2.45, 2.75) is 0 Å². The predicted octanol–water partition coefficient (Wildman–Crippen LogP) is 4.07. The van der Waals surface area contributed by atoms with E-state index >= 15 is 0 Å². The van der Waals surface area contributed by atoms with E-state index in [-0.39, 0.29) is 5.75 Å². The average Bonchev–Trinajstić information content (AvgIpc) is 3.03. The highest BCUT2D eigenvalue weighted by atomic mass is 32.2. The molecule has 3 rings (SSSR count). The Morgan fingerprint density at radius 1 is 1.15 bits per heavy atom. The van der Waals surface area contributed by atoms with E-state index in [2.05, 4.69) is 15.0 Å². The maximum atomic E-state index is 13.7. The van der Waals surface area contributed by atoms with Crippen LogP contribution in [0.15, 0.2) is 47.8 Å². The van der Waals surface area contributed by atoms with Gasteiger partial charge in [0.2, 0.25) is 10.0 Å². The van der Waals surface area contributed by atoms with Crippen LogP contribution < -0.4 is 14.8 Å². The van der Waals surface area contributed by atoms with E-state index in [1.165, 1.54) is 24.5 Å². The van der Waals surface area contributed by atoms with Crippen LogP contribution in [-0.4, -0.2) is 26.8 Å². The maximum Gasteiger partial charge on any atom is 0.229 e. The van der Waals surface area contributed by atoms with E-state index in [0.717, 1.165) is 17.5 Å². The molecule has 0 unspecified atom stereocenters. The van der Waals surface area contributed by atoms with Crippen molar-refractivity contribution in [1.29, 1.82) is 0 Å². The van der Waals surface area contributed by atoms with Crippen molar-refractivity contribution in [3.05, 3.63) is 53.7 Å². The topological polar surface area (TPSA) is 80.3 Å². The number of nitrogens with zero attached hydrogens (tertiary/aromatic N) is 1. The van der Waals surface area contributed by atoms with Gasteiger partial charge in [0.05, 0.1) is 24.7 Å². The largest absolute Gasteiger partial charge is 0.492 e. The molecular formula is C17H16FN3O3S2. The van der Waals surface area contributed by atoms with E-state index in [1.54, 1.807) is 36.4 Å². The van der Waals surface area contributed by atoms with Gasteiger partial charge in [-0.3, -0.25) is 4.72 Å². The standard InChI is InChI=1S/C17H16FN3O3S2/c1-24-16-13(18)4-3-5-14(16)19-17-20-15(10-25-17)11-6-8-12(9-7-11)21-26(2,22)23/h3-10,21H,1-2H3,(H,19,20). The number of halogens is 1. The van der Waals surface area contributed by atoms with Gasteiger partial charge in [0.25, 0.3) is 0 Å². The monoisotopic (exact) mass is 393 g/mol. The van der Waals surface area contributed by atoms with Crippen molar-refractivity contribution < 1.29 is 17.5 Å². The minimum absolute atomic E-state index is 0.125. The molecule has 0 saturated heterocycles. The number of hydrogen-bond acceptors (Lipinski definition) is 6. The van der Waals surface area contributed by atoms with Crippen LogP contribution in [-0.2, 0) is 10.0 Å². The number of aromatic nitrogens is 1. The van der Waals surface area contributed by atoms with Gasteiger partial charge in [-0.1, -0.05) is 18.2 Å². The third-order valence-electron chi connectivity index (χ3n) is 3.40. The zero-order valence-electron chi connectivity index (χ0n) is 14.0. The number of nitrogens with one attached hydrogen (secondary N) is 2. The van der Waals surface area contributed by atoms with Crippen molar-refractivity contribution in [3.63, 3.8) is 0 Å². The first-order chi connectivity index (χ1) is 12.4. The van der Waals surface area contributed by atoms with Gasteiger partial charge in [0.15, 0.2) is 16.7 Å². The summed E-state index contributed by atoms with van der Waals surface area (Å²) in [5, 5.41) is 5.49. The molecule has 0 radical (unpaired) electrons. The molecular weight excluding hydrogens is 377 g/mol. The van der Waals surface area contributed by atoms with Gasteiger partial charge in [0, 0.05) is 16.6 Å². The van der Waals surface area contributed by atoms with Gasteiger partial charge >= 0.3 is 0 Å². The lowest BCUT2D eigenvalue weighted by atomic mass is 10.1. The highest BCUT2D eigenvalue weighted by Gasteiger charge is 2.11. The summed E-state index contributed by atoms with van der Waals surface area (Å²) in [5.74, 6) is -0.330. The van der Waals surface area contributed by atoms with Gasteiger partial charge in [-0.05, 0) is 24.3 Å². The quantitative estimate of drug-likeness (QED) is 0.660. The van der Waals surface area contributed by atoms with Crippen LogP contribution >= 0.6 is 11.3 Å². The molecule has 0 fully saturated rings. The molecule has 1 aromatic heterocycles. The average molecular weight is 393 g/mol. The van der Waals surface area contributed by atoms with Gasteiger partial charge in [-0.25, -0.2) is 17.8 Å². The molecule has 136 valence electrons. The third-order valence-corrected chi connectivity index (χ3v) is 4.77. The molecule has 2 aromatic carbocycles. The van der Waals surface area contributed by atoms with Crippen LogP contribution in [0.5, 0.6) is 5.75 Å². The first-order valence-electron chi connectivity index (χ1n) is 7.49. The van der Waals surface area contributed by atoms with Crippen LogP contribution in [0.4, 0.5) is 20.9 Å². The van der Waals surface area contributed by atoms with Crippen molar-refractivity contribution in [2.75, 3.05) is 23.4 Å². The zero-order valence-corrected chi connectivity index (χ0v) is 15.6. The Hall–Kier alpha value is -2.65. The van der Waals surface area contributed by atoms with Crippen LogP contribution in [0.2, 0.25) is 0 Å². The van der Waals surface area contributed by atoms with E-state index in [4.69, 9.17) is 4.74 Å². The molecule has 0 saturated carbocycles. The minimum atomic E-state index is -3.31. The van der Waals surface area contributed by atoms with Gasteiger partial charge in [0.1, 0.15) is 0 Å². The number of anilines is 3. The number of methoxy groups -OCH3 is 1. The fourth-order valence-corrected chi connectivity index (χ4v) is 3.61. The van der Waals surface area contributed by atoms with Crippen LogP contribution in [0.3, 0.4) is 0 Å². The fourth-order valence-electron chi connectivity index (χ4n) is 2.32. The molecule has 0 bridgehead atoms. The second-order valence-electron chi connectivity index (χ2n) is 5.44. The molecule has 6 nitrogen and oxygen atoms in total. The molecule has 0 spiro atoms. The Morgan fingerprint density at radius 3 is 2.54 bits per heavy atom. The normalized spacial score (nSPS) is 11.2. The van der Waals surface area contributed by atoms with Gasteiger partial charge in [-0.15, -0.1) is 11.3 Å². The lowest BCUT2D eigenvalue weighted by Crippen LogP contribution is -2.09. The molecule has 0 aliphatic carbocycles. The molecule has 3 aromatic rings. The Labute approximate surface area is 154 Å². The molecule has 26 heavy (non-hydrogen) atoms. The maximum absolute atomic E-state index is 13.7. The van der Waals surface area contributed by atoms with Gasteiger partial charge in [-0.2, -0.15) is 0 Å². The highest BCUT2D eigenvalue weighted by Crippen LogP contribution is 2.33. The molecule has 0 aliphatic heterocycles. The lowest BCUT2D eigenvalue weighted by molar-refractivity contribution is 0.388. The summed E-state index contributed by atoms with van der Waals surface area (Å²) < 4.78 is 43.7. The molecule has 1 heterocycles. The van der Waals surface area contributed by atoms with Crippen molar-refractivity contribution >= 4 is 37.9 Å². The Morgan fingerprint density at radius 2 is 1.88 bits per heavy atom. The van der Waals surface area contributed by atoms with Crippen LogP contribution in [0, 0.1) is 5.82 Å². The Balaban J connectivity index is 1.79. The number of ether oxygens (including phenoxy) is 1. The van der Waals surface area contributed by atoms with Crippen LogP contribution in [0.1, 0.15) is 0 Å². The summed E-state index contributed by atoms with van der Waals surface area (Å²) in [6, 6.07) is 11.5. The van der Waals surface area contributed by atoms with E-state index in [1.807, 2.05) is 5.38 Å². The molecule has 0 atom stereocenters. The summed E-state index contributed by atoms with van der Waals surface area (Å²) in [5.41, 5.74) is 2.52. The smallest absolute Gasteiger partial charge is 0.229 e. The second kappa shape index (κ2) is 7.30. The fraction of sp³-hybridized carbons (Fsp3) is 0.118. The zero-order chi connectivity index (χ0) is 18.7. The SMILES string of the molecule is COc1c(F)cccc1Nc1nc(-c2ccc(NS(C)(=O)=O)cc2)cs1. The number of benzene rings is 2. The molecule has 0 amide bonds. The number of para-hydroxylation sites is 1. The molecule has 2 N–H and O–H groups in total. The first kappa shape index (κ1) is 18.2. The summed E-state index contributed by atoms with van der Waals surface area (Å²) in [6.45, 7) is 0. The summed E-state index contributed by atoms with van der Waals surface area (Å²) in [4.78, 5) is 4.48. The Bertz CT molecular complexity index is 1020. The Kier molecular flexibility index (Phi) is 5.10. The predicted molar refractivity (Wildman–Crippen MR) is 102 cm³/mol. The van der Waals surface area contributed by atoms with Crippen LogP contribution in [0.25, 0.3) is 11.3 Å². The molecule has 0 aliphatic rings. The first-order valence-corrected chi connectivity index (χ1v) is 10.3. The summed E-state index contributed by atoms with van der Waals surface area (Å²) in [6.07, 6.45) is 1.10. The van der Waals surface area contributed by atoms with Gasteiger partial charge < -0.3 is 10.1 Å². The van der Waals surface area contributed by atoms with E-state index in [9.17, 15) is 12.8 Å². The van der Waals surface area contributed by atoms with Crippen molar-refractivity contribution in [1.82, 2.24) is 4.98 Å². The molecule has 9 heteroatoms. The lowest BCUT2D eigenvalue weighted by Gasteiger charge is -2.09. The van der Waals surface area contributed by atoms with E-state index in [0.29, 0.717) is 16.5 Å². The summed E-state index contributed by atoms with van der Waals surface area (Å²) >= 11 is 1.37. The minimum Gasteiger partial charge on any atom is -0.492 e. The summed E-state index contributed by atoms with van der Waals surface area (Å²) in [7, 11) is -1.91. The number of rotatable bonds is 6. The van der Waals surface area contributed by atoms with E-state index < -0.39 is 15.8 Å². The highest BCUT2D eigenvalue weighted by molar-refractivity contribution is 7.92.